The maximum atomic E-state index is 9.24. The second-order valence-electron chi connectivity index (χ2n) is 7.13. The average Bonchev–Trinajstić information content (AvgIpc) is 3.21. The van der Waals surface area contributed by atoms with Gasteiger partial charge in [0.05, 0.1) is 0 Å². The Bertz CT molecular complexity index is 799. The molecular formula is C18H21N7. The van der Waals surface area contributed by atoms with Gasteiger partial charge in [0, 0.05) is 62.2 Å². The molecule has 2 atom stereocenters. The van der Waals surface area contributed by atoms with Crippen LogP contribution in [0.5, 0.6) is 0 Å². The zero-order valence-electron chi connectivity index (χ0n) is 14.5. The maximum Gasteiger partial charge on any atom is 0.183 e. The molecule has 0 N–H and O–H groups in total. The first-order valence-corrected chi connectivity index (χ1v) is 8.68. The zero-order chi connectivity index (χ0) is 17.4. The van der Waals surface area contributed by atoms with E-state index in [0.717, 1.165) is 43.5 Å². The summed E-state index contributed by atoms with van der Waals surface area (Å²) in [7, 11) is 0. The van der Waals surface area contributed by atoms with E-state index in [0.29, 0.717) is 23.4 Å². The van der Waals surface area contributed by atoms with E-state index in [1.54, 1.807) is 18.7 Å². The normalized spacial score (nSPS) is 22.3. The third-order valence-electron chi connectivity index (χ3n) is 5.16. The van der Waals surface area contributed by atoms with Crippen LogP contribution in [0.2, 0.25) is 0 Å². The van der Waals surface area contributed by atoms with Crippen LogP contribution in [0.4, 0.5) is 11.6 Å². The van der Waals surface area contributed by atoms with E-state index in [-0.39, 0.29) is 0 Å². The second kappa shape index (κ2) is 6.28. The summed E-state index contributed by atoms with van der Waals surface area (Å²) in [5.41, 5.74) is 1.50. The molecule has 2 saturated heterocycles. The van der Waals surface area contributed by atoms with Crippen molar-refractivity contribution in [2.45, 2.75) is 19.8 Å². The van der Waals surface area contributed by atoms with Gasteiger partial charge in [-0.05, 0) is 5.92 Å². The summed E-state index contributed by atoms with van der Waals surface area (Å²) in [5, 5.41) is 9.24. The first-order valence-electron chi connectivity index (χ1n) is 8.68. The number of hydrogen-bond acceptors (Lipinski definition) is 7. The van der Waals surface area contributed by atoms with E-state index in [2.05, 4.69) is 55.7 Å². The van der Waals surface area contributed by atoms with Gasteiger partial charge < -0.3 is 9.80 Å². The number of aromatic nitrogens is 4. The standard InChI is InChI=1S/C18H21N7/c1-12(2)15-5-17(23-11-22-15)24-7-13-9-25(10-14(13)8-24)18-16(6-19)20-3-4-21-18/h3-5,11-14H,7-10H2,1-2H3. The van der Waals surface area contributed by atoms with Crippen LogP contribution < -0.4 is 9.80 Å². The number of rotatable bonds is 3. The lowest BCUT2D eigenvalue weighted by molar-refractivity contribution is 0.533. The lowest BCUT2D eigenvalue weighted by Crippen LogP contribution is -2.30. The Labute approximate surface area is 147 Å². The summed E-state index contributed by atoms with van der Waals surface area (Å²) in [6.45, 7) is 8.09. The van der Waals surface area contributed by atoms with Crippen molar-refractivity contribution in [3.63, 3.8) is 0 Å². The molecule has 2 fully saturated rings. The molecule has 0 radical (unpaired) electrons. The third-order valence-corrected chi connectivity index (χ3v) is 5.16. The van der Waals surface area contributed by atoms with Crippen molar-refractivity contribution < 1.29 is 0 Å². The van der Waals surface area contributed by atoms with Gasteiger partial charge in [-0.25, -0.2) is 19.9 Å². The molecule has 7 nitrogen and oxygen atoms in total. The highest BCUT2D eigenvalue weighted by atomic mass is 15.3. The molecule has 4 rings (SSSR count). The molecule has 2 aromatic heterocycles. The lowest BCUT2D eigenvalue weighted by Gasteiger charge is -2.23. The van der Waals surface area contributed by atoms with E-state index in [9.17, 15) is 5.26 Å². The van der Waals surface area contributed by atoms with Crippen molar-refractivity contribution in [3.8, 4) is 6.07 Å². The van der Waals surface area contributed by atoms with Gasteiger partial charge in [-0.15, -0.1) is 0 Å². The number of nitriles is 1. The molecule has 0 bridgehead atoms. The van der Waals surface area contributed by atoms with Gasteiger partial charge >= 0.3 is 0 Å². The van der Waals surface area contributed by atoms with Crippen LogP contribution in [-0.4, -0.2) is 46.1 Å². The minimum absolute atomic E-state index is 0.403. The van der Waals surface area contributed by atoms with Gasteiger partial charge in [-0.3, -0.25) is 0 Å². The highest BCUT2D eigenvalue weighted by molar-refractivity contribution is 5.51. The van der Waals surface area contributed by atoms with Crippen molar-refractivity contribution in [1.29, 1.82) is 5.26 Å². The lowest BCUT2D eigenvalue weighted by atomic mass is 10.0. The van der Waals surface area contributed by atoms with Crippen molar-refractivity contribution in [2.24, 2.45) is 11.8 Å². The molecule has 2 unspecified atom stereocenters. The quantitative estimate of drug-likeness (QED) is 0.846. The number of anilines is 2. The molecule has 0 saturated carbocycles. The fraction of sp³-hybridized carbons (Fsp3) is 0.500. The summed E-state index contributed by atoms with van der Waals surface area (Å²) in [6.07, 6.45) is 4.90. The smallest absolute Gasteiger partial charge is 0.183 e. The summed E-state index contributed by atoms with van der Waals surface area (Å²) in [4.78, 5) is 21.9. The minimum Gasteiger partial charge on any atom is -0.356 e. The molecule has 7 heteroatoms. The van der Waals surface area contributed by atoms with Crippen molar-refractivity contribution in [3.05, 3.63) is 36.2 Å². The van der Waals surface area contributed by atoms with Gasteiger partial charge in [-0.1, -0.05) is 13.8 Å². The summed E-state index contributed by atoms with van der Waals surface area (Å²) >= 11 is 0. The van der Waals surface area contributed by atoms with Crippen LogP contribution >= 0.6 is 0 Å². The monoisotopic (exact) mass is 335 g/mol. The second-order valence-corrected chi connectivity index (χ2v) is 7.13. The predicted octanol–water partition coefficient (Wildman–Crippen LogP) is 1.83. The SMILES string of the molecule is CC(C)c1cc(N2CC3CN(c4nccnc4C#N)CC3C2)ncn1. The largest absolute Gasteiger partial charge is 0.356 e. The first-order chi connectivity index (χ1) is 12.2. The van der Waals surface area contributed by atoms with Crippen LogP contribution in [0, 0.1) is 23.2 Å². The van der Waals surface area contributed by atoms with E-state index < -0.39 is 0 Å². The van der Waals surface area contributed by atoms with Crippen LogP contribution in [-0.2, 0) is 0 Å². The Balaban J connectivity index is 1.48. The number of fused-ring (bicyclic) bond motifs is 1. The Hall–Kier alpha value is -2.75. The topological polar surface area (TPSA) is 81.8 Å². The highest BCUT2D eigenvalue weighted by Crippen LogP contribution is 2.35. The Kier molecular flexibility index (Phi) is 3.96. The first kappa shape index (κ1) is 15.8. The van der Waals surface area contributed by atoms with Crippen LogP contribution in [0.3, 0.4) is 0 Å². The highest BCUT2D eigenvalue weighted by Gasteiger charge is 2.41. The number of nitrogens with zero attached hydrogens (tertiary/aromatic N) is 7. The van der Waals surface area contributed by atoms with Gasteiger partial charge in [0.2, 0.25) is 0 Å². The molecule has 2 aliphatic heterocycles. The van der Waals surface area contributed by atoms with Crippen molar-refractivity contribution >= 4 is 11.6 Å². The molecule has 128 valence electrons. The molecule has 25 heavy (non-hydrogen) atoms. The van der Waals surface area contributed by atoms with Crippen LogP contribution in [0.25, 0.3) is 0 Å². The van der Waals surface area contributed by atoms with Crippen molar-refractivity contribution in [2.75, 3.05) is 36.0 Å². The molecule has 2 aromatic rings. The fourth-order valence-corrected chi connectivity index (χ4v) is 3.84. The summed E-state index contributed by atoms with van der Waals surface area (Å²) in [6, 6.07) is 4.26. The van der Waals surface area contributed by atoms with Crippen LogP contribution in [0.15, 0.2) is 24.8 Å². The molecule has 0 spiro atoms. The van der Waals surface area contributed by atoms with Gasteiger partial charge in [0.1, 0.15) is 18.2 Å². The average molecular weight is 335 g/mol. The molecule has 4 heterocycles. The van der Waals surface area contributed by atoms with E-state index in [1.165, 1.54) is 0 Å². The zero-order valence-corrected chi connectivity index (χ0v) is 14.5. The Morgan fingerprint density at radius 2 is 1.68 bits per heavy atom. The van der Waals surface area contributed by atoms with Gasteiger partial charge in [0.25, 0.3) is 0 Å². The number of hydrogen-bond donors (Lipinski definition) is 0. The van der Waals surface area contributed by atoms with E-state index >= 15 is 0 Å². The van der Waals surface area contributed by atoms with Gasteiger partial charge in [0.15, 0.2) is 11.5 Å². The molecule has 0 aliphatic carbocycles. The third kappa shape index (κ3) is 2.88. The van der Waals surface area contributed by atoms with Gasteiger partial charge in [-0.2, -0.15) is 5.26 Å². The van der Waals surface area contributed by atoms with Crippen molar-refractivity contribution in [1.82, 2.24) is 19.9 Å². The van der Waals surface area contributed by atoms with E-state index in [1.807, 2.05) is 0 Å². The fourth-order valence-electron chi connectivity index (χ4n) is 3.84. The Morgan fingerprint density at radius 1 is 1.00 bits per heavy atom. The molecule has 0 amide bonds. The minimum atomic E-state index is 0.403. The predicted molar refractivity (Wildman–Crippen MR) is 94.3 cm³/mol. The summed E-state index contributed by atoms with van der Waals surface area (Å²) < 4.78 is 0. The van der Waals surface area contributed by atoms with E-state index in [4.69, 9.17) is 0 Å². The summed E-state index contributed by atoms with van der Waals surface area (Å²) in [5.74, 6) is 3.27. The molecule has 2 aliphatic rings. The maximum absolute atomic E-state index is 9.24. The molecular weight excluding hydrogens is 314 g/mol. The molecule has 0 aromatic carbocycles. The van der Waals surface area contributed by atoms with Crippen LogP contribution in [0.1, 0.15) is 31.2 Å². The Morgan fingerprint density at radius 3 is 2.36 bits per heavy atom.